The van der Waals surface area contributed by atoms with Gasteiger partial charge in [0.1, 0.15) is 5.82 Å². The van der Waals surface area contributed by atoms with E-state index in [0.29, 0.717) is 12.1 Å². The number of halogens is 2. The van der Waals surface area contributed by atoms with E-state index in [4.69, 9.17) is 0 Å². The summed E-state index contributed by atoms with van der Waals surface area (Å²) < 4.78 is 14.5. The molecule has 6 heteroatoms. The molecule has 2 aliphatic heterocycles. The number of nitrogens with zero attached hydrogens (tertiary/aromatic N) is 2. The van der Waals surface area contributed by atoms with Crippen molar-refractivity contribution in [3.05, 3.63) is 63.9 Å². The molecule has 4 nitrogen and oxygen atoms in total. The Kier molecular flexibility index (Phi) is 4.49. The number of fused-ring (bicyclic) bond motifs is 3. The minimum Gasteiger partial charge on any atom is -0.394 e. The van der Waals surface area contributed by atoms with E-state index in [0.717, 1.165) is 22.1 Å². The lowest BCUT2D eigenvalue weighted by Crippen LogP contribution is -2.48. The molecular weight excluding hydrogens is 399 g/mol. The van der Waals surface area contributed by atoms with Crippen LogP contribution in [0.25, 0.3) is 0 Å². The average Bonchev–Trinajstić information content (AvgIpc) is 3.06. The fraction of sp³-hybridized carbons (Fsp3) is 0.350. The van der Waals surface area contributed by atoms with Gasteiger partial charge >= 0.3 is 0 Å². The number of aliphatic hydroxyl groups excluding tert-OH is 1. The van der Waals surface area contributed by atoms with E-state index in [1.807, 2.05) is 30.1 Å². The van der Waals surface area contributed by atoms with Crippen molar-refractivity contribution < 1.29 is 14.3 Å². The summed E-state index contributed by atoms with van der Waals surface area (Å²) in [5.41, 5.74) is 2.45. The van der Waals surface area contributed by atoms with Crippen molar-refractivity contribution in [2.24, 2.45) is 5.92 Å². The molecule has 0 saturated carbocycles. The van der Waals surface area contributed by atoms with Crippen molar-refractivity contribution in [3.63, 3.8) is 0 Å². The minimum absolute atomic E-state index is 0.0369. The van der Waals surface area contributed by atoms with Crippen molar-refractivity contribution in [1.29, 1.82) is 0 Å². The Morgan fingerprint density at radius 3 is 2.85 bits per heavy atom. The van der Waals surface area contributed by atoms with Crippen molar-refractivity contribution >= 4 is 27.5 Å². The highest BCUT2D eigenvalue weighted by Crippen LogP contribution is 2.49. The molecule has 1 fully saturated rings. The summed E-state index contributed by atoms with van der Waals surface area (Å²) in [6.45, 7) is 0.635. The van der Waals surface area contributed by atoms with Gasteiger partial charge in [0.05, 0.1) is 18.7 Å². The lowest BCUT2D eigenvalue weighted by atomic mass is 9.82. The van der Waals surface area contributed by atoms with Gasteiger partial charge in [0, 0.05) is 35.2 Å². The Morgan fingerprint density at radius 2 is 2.12 bits per heavy atom. The summed E-state index contributed by atoms with van der Waals surface area (Å²) in [5.74, 6) is -0.431. The van der Waals surface area contributed by atoms with Gasteiger partial charge in [-0.1, -0.05) is 22.0 Å². The van der Waals surface area contributed by atoms with E-state index in [2.05, 4.69) is 20.8 Å². The second-order valence-corrected chi connectivity index (χ2v) is 7.89. The number of carbonyl (C=O) groups is 1. The molecule has 2 aliphatic rings. The maximum atomic E-state index is 13.6. The molecule has 0 spiro atoms. The van der Waals surface area contributed by atoms with Gasteiger partial charge in [-0.25, -0.2) is 4.39 Å². The van der Waals surface area contributed by atoms with Gasteiger partial charge in [-0.15, -0.1) is 0 Å². The van der Waals surface area contributed by atoms with Crippen molar-refractivity contribution in [2.75, 3.05) is 25.1 Å². The predicted molar refractivity (Wildman–Crippen MR) is 102 cm³/mol. The summed E-state index contributed by atoms with van der Waals surface area (Å²) in [6.07, 6.45) is 0.813. The highest BCUT2D eigenvalue weighted by molar-refractivity contribution is 9.10. The zero-order valence-electron chi connectivity index (χ0n) is 14.4. The van der Waals surface area contributed by atoms with E-state index in [9.17, 15) is 14.3 Å². The highest BCUT2D eigenvalue weighted by Gasteiger charge is 2.47. The molecule has 3 atom stereocenters. The highest BCUT2D eigenvalue weighted by atomic mass is 79.9. The first-order valence-electron chi connectivity index (χ1n) is 8.71. The van der Waals surface area contributed by atoms with Crippen molar-refractivity contribution in [1.82, 2.24) is 4.90 Å². The zero-order valence-corrected chi connectivity index (χ0v) is 16.0. The first-order chi connectivity index (χ1) is 12.5. The van der Waals surface area contributed by atoms with Crippen LogP contribution in [0, 0.1) is 11.7 Å². The number of hydrogen-bond acceptors (Lipinski definition) is 3. The Balaban J connectivity index is 1.78. The average molecular weight is 419 g/mol. The Hall–Kier alpha value is -1.92. The Morgan fingerprint density at radius 1 is 1.31 bits per heavy atom. The van der Waals surface area contributed by atoms with Crippen LogP contribution in [0.1, 0.15) is 28.4 Å². The molecule has 1 amide bonds. The Bertz CT molecular complexity index is 859. The third kappa shape index (κ3) is 2.72. The van der Waals surface area contributed by atoms with E-state index in [1.54, 1.807) is 12.1 Å². The lowest BCUT2D eigenvalue weighted by Gasteiger charge is -2.44. The molecule has 2 heterocycles. The van der Waals surface area contributed by atoms with Crippen LogP contribution in [0.3, 0.4) is 0 Å². The van der Waals surface area contributed by atoms with Crippen LogP contribution in [-0.2, 0) is 0 Å². The van der Waals surface area contributed by atoms with E-state index < -0.39 is 5.82 Å². The number of benzene rings is 2. The van der Waals surface area contributed by atoms with E-state index in [1.165, 1.54) is 12.1 Å². The van der Waals surface area contributed by atoms with Gasteiger partial charge in [0.15, 0.2) is 0 Å². The number of likely N-dealkylation sites (N-methyl/N-ethyl adjacent to an activating group) is 1. The number of aliphatic hydroxyl groups is 1. The zero-order chi connectivity index (χ0) is 18.4. The molecule has 0 unspecified atom stereocenters. The summed E-state index contributed by atoms with van der Waals surface area (Å²) in [6, 6.07) is 11.7. The third-order valence-corrected chi connectivity index (χ3v) is 6.14. The molecule has 0 bridgehead atoms. The first kappa shape index (κ1) is 17.5. The maximum absolute atomic E-state index is 13.6. The number of rotatable bonds is 2. The van der Waals surface area contributed by atoms with Crippen LogP contribution in [0.4, 0.5) is 10.1 Å². The summed E-state index contributed by atoms with van der Waals surface area (Å²) in [5, 5.41) is 9.96. The summed E-state index contributed by atoms with van der Waals surface area (Å²) in [7, 11) is 1.99. The summed E-state index contributed by atoms with van der Waals surface area (Å²) >= 11 is 3.53. The second-order valence-electron chi connectivity index (χ2n) is 6.97. The molecule has 2 aromatic carbocycles. The van der Waals surface area contributed by atoms with Crippen LogP contribution >= 0.6 is 15.9 Å². The normalized spacial score (nSPS) is 24.4. The topological polar surface area (TPSA) is 43.8 Å². The number of hydrogen-bond donors (Lipinski definition) is 1. The number of amides is 1. The molecule has 1 N–H and O–H groups in total. The van der Waals surface area contributed by atoms with Crippen molar-refractivity contribution in [3.8, 4) is 0 Å². The molecule has 0 aliphatic carbocycles. The van der Waals surface area contributed by atoms with E-state index in [-0.39, 0.29) is 30.5 Å². The summed E-state index contributed by atoms with van der Waals surface area (Å²) in [4.78, 5) is 17.0. The molecule has 0 radical (unpaired) electrons. The van der Waals surface area contributed by atoms with Gasteiger partial charge in [0.2, 0.25) is 0 Å². The largest absolute Gasteiger partial charge is 0.394 e. The molecule has 2 aromatic rings. The molecule has 136 valence electrons. The van der Waals surface area contributed by atoms with Gasteiger partial charge < -0.3 is 14.9 Å². The van der Waals surface area contributed by atoms with Crippen LogP contribution in [0.2, 0.25) is 0 Å². The predicted octanol–water partition coefficient (Wildman–Crippen LogP) is 3.60. The van der Waals surface area contributed by atoms with Crippen LogP contribution in [0.5, 0.6) is 0 Å². The first-order valence-corrected chi connectivity index (χ1v) is 9.50. The standard InChI is InChI=1S/C20H20BrFN2O2/c1-23-17-6-5-13(21)10-16(17)19-15(18(23)11-25)7-8-24(19)20(26)12-3-2-4-14(22)9-12/h2-6,9-10,15,18-19,25H,7-8,11H2,1H3/t15-,18+,19-/m1/s1. The lowest BCUT2D eigenvalue weighted by molar-refractivity contribution is 0.0693. The van der Waals surface area contributed by atoms with Crippen LogP contribution in [-0.4, -0.2) is 42.2 Å². The van der Waals surface area contributed by atoms with Crippen LogP contribution < -0.4 is 4.90 Å². The maximum Gasteiger partial charge on any atom is 0.254 e. The van der Waals surface area contributed by atoms with Crippen LogP contribution in [0.15, 0.2) is 46.9 Å². The number of likely N-dealkylation sites (tertiary alicyclic amines) is 1. The fourth-order valence-electron chi connectivity index (χ4n) is 4.44. The van der Waals surface area contributed by atoms with Gasteiger partial charge in [-0.2, -0.15) is 0 Å². The monoisotopic (exact) mass is 418 g/mol. The quantitative estimate of drug-likeness (QED) is 0.809. The van der Waals surface area contributed by atoms with E-state index >= 15 is 0 Å². The SMILES string of the molecule is CN1c2ccc(Br)cc2[C@H]2[C@H](CCN2C(=O)c2cccc(F)c2)[C@@H]1CO. The molecular formula is C20H20BrFN2O2. The number of carbonyl (C=O) groups excluding carboxylic acids is 1. The number of anilines is 1. The Labute approximate surface area is 160 Å². The minimum atomic E-state index is -0.411. The van der Waals surface area contributed by atoms with Crippen molar-refractivity contribution in [2.45, 2.75) is 18.5 Å². The van der Waals surface area contributed by atoms with Gasteiger partial charge in [0.25, 0.3) is 5.91 Å². The fourth-order valence-corrected chi connectivity index (χ4v) is 4.82. The van der Waals surface area contributed by atoms with Gasteiger partial charge in [-0.3, -0.25) is 4.79 Å². The second kappa shape index (κ2) is 6.67. The molecule has 0 aromatic heterocycles. The molecule has 4 rings (SSSR count). The third-order valence-electron chi connectivity index (χ3n) is 5.64. The van der Waals surface area contributed by atoms with Gasteiger partial charge in [-0.05, 0) is 48.4 Å². The smallest absolute Gasteiger partial charge is 0.254 e. The molecule has 26 heavy (non-hydrogen) atoms. The molecule has 1 saturated heterocycles.